The molecule has 0 bridgehead atoms. The van der Waals surface area contributed by atoms with Crippen molar-refractivity contribution in [3.8, 4) is 6.07 Å². The fourth-order valence-corrected chi connectivity index (χ4v) is 3.38. The van der Waals surface area contributed by atoms with Crippen molar-refractivity contribution < 1.29 is 14.7 Å². The van der Waals surface area contributed by atoms with Gasteiger partial charge in [-0.3, -0.25) is 4.79 Å². The van der Waals surface area contributed by atoms with Crippen molar-refractivity contribution in [2.75, 3.05) is 18.1 Å². The van der Waals surface area contributed by atoms with Crippen LogP contribution in [0.3, 0.4) is 0 Å². The Labute approximate surface area is 152 Å². The van der Waals surface area contributed by atoms with Crippen LogP contribution in [0.4, 0.5) is 10.5 Å². The van der Waals surface area contributed by atoms with Crippen LogP contribution in [0.1, 0.15) is 32.3 Å². The van der Waals surface area contributed by atoms with E-state index in [-0.39, 0.29) is 18.5 Å². The first-order valence-electron chi connectivity index (χ1n) is 8.62. The van der Waals surface area contributed by atoms with Crippen molar-refractivity contribution in [1.82, 2.24) is 4.90 Å². The third-order valence-corrected chi connectivity index (χ3v) is 4.88. The molecule has 26 heavy (non-hydrogen) atoms. The third-order valence-electron chi connectivity index (χ3n) is 4.88. The Morgan fingerprint density at radius 2 is 1.77 bits per heavy atom. The smallest absolute Gasteiger partial charge is 0.332 e. The number of benzene rings is 2. The highest BCUT2D eigenvalue weighted by Crippen LogP contribution is 2.36. The van der Waals surface area contributed by atoms with E-state index in [2.05, 4.69) is 6.07 Å². The monoisotopic (exact) mass is 351 g/mol. The predicted molar refractivity (Wildman–Crippen MR) is 98.6 cm³/mol. The molecule has 0 spiro atoms. The van der Waals surface area contributed by atoms with E-state index >= 15 is 0 Å². The maximum atomic E-state index is 13.0. The van der Waals surface area contributed by atoms with E-state index < -0.39 is 5.54 Å². The molecule has 0 radical (unpaired) electrons. The van der Waals surface area contributed by atoms with Crippen LogP contribution >= 0.6 is 0 Å². The van der Waals surface area contributed by atoms with Crippen LogP contribution in [-0.4, -0.2) is 40.6 Å². The summed E-state index contributed by atoms with van der Waals surface area (Å²) in [6.07, 6.45) is 1.20. The van der Waals surface area contributed by atoms with Gasteiger partial charge < -0.3 is 10.0 Å². The van der Waals surface area contributed by atoms with Crippen molar-refractivity contribution in [1.29, 1.82) is 5.26 Å². The van der Waals surface area contributed by atoms with Gasteiger partial charge in [-0.2, -0.15) is 5.26 Å². The zero-order valence-corrected chi connectivity index (χ0v) is 14.9. The lowest BCUT2D eigenvalue weighted by molar-refractivity contribution is -0.123. The average Bonchev–Trinajstić information content (AvgIpc) is 2.80. The molecule has 2 aromatic carbocycles. The molecule has 1 heterocycles. The summed E-state index contributed by atoms with van der Waals surface area (Å²) in [5.74, 6) is -0.290. The van der Waals surface area contributed by atoms with Crippen molar-refractivity contribution in [3.63, 3.8) is 0 Å². The number of unbranched alkanes of at least 4 members (excludes halogenated alkanes) is 1. The van der Waals surface area contributed by atoms with Crippen molar-refractivity contribution in [2.24, 2.45) is 0 Å². The molecule has 134 valence electrons. The molecule has 0 unspecified atom stereocenters. The number of fused-ring (bicyclic) bond motifs is 1. The number of rotatable bonds is 5. The maximum absolute atomic E-state index is 13.0. The van der Waals surface area contributed by atoms with Gasteiger partial charge in [0.2, 0.25) is 0 Å². The number of nitrogens with zero attached hydrogens (tertiary/aromatic N) is 3. The van der Waals surface area contributed by atoms with E-state index in [1.165, 1.54) is 4.90 Å². The van der Waals surface area contributed by atoms with E-state index in [1.807, 2.05) is 24.3 Å². The lowest BCUT2D eigenvalue weighted by Crippen LogP contribution is -2.44. The van der Waals surface area contributed by atoms with E-state index in [9.17, 15) is 14.9 Å². The standard InChI is InChI=1S/C20H21N3O3/c1-20(2)18(25)23(19(26)22(20)11-5-6-12-24)17-10-9-14(13-21)15-7-3-4-8-16(15)17/h3-4,7-10,24H,5-6,11-12H2,1-2H3. The lowest BCUT2D eigenvalue weighted by Gasteiger charge is -2.27. The second-order valence-electron chi connectivity index (χ2n) is 6.85. The summed E-state index contributed by atoms with van der Waals surface area (Å²) in [7, 11) is 0. The number of aliphatic hydroxyl groups is 1. The number of aliphatic hydroxyl groups excluding tert-OH is 1. The molecular formula is C20H21N3O3. The van der Waals surface area contributed by atoms with E-state index in [0.29, 0.717) is 41.4 Å². The van der Waals surface area contributed by atoms with Crippen LogP contribution in [0.2, 0.25) is 0 Å². The van der Waals surface area contributed by atoms with Gasteiger partial charge in [-0.15, -0.1) is 0 Å². The summed E-state index contributed by atoms with van der Waals surface area (Å²) in [4.78, 5) is 28.8. The number of carbonyl (C=O) groups excluding carboxylic acids is 2. The normalized spacial score (nSPS) is 16.4. The molecule has 0 saturated carbocycles. The SMILES string of the molecule is CC1(C)C(=O)N(c2ccc(C#N)c3ccccc23)C(=O)N1CCCCO. The molecule has 3 amide bonds. The average molecular weight is 351 g/mol. The Morgan fingerprint density at radius 3 is 2.42 bits per heavy atom. The largest absolute Gasteiger partial charge is 0.396 e. The molecule has 0 aromatic heterocycles. The predicted octanol–water partition coefficient (Wildman–Crippen LogP) is 3.03. The van der Waals surface area contributed by atoms with E-state index in [4.69, 9.17) is 5.11 Å². The Bertz CT molecular complexity index is 914. The summed E-state index contributed by atoms with van der Waals surface area (Å²) in [5.41, 5.74) is 0.0384. The van der Waals surface area contributed by atoms with Crippen molar-refractivity contribution in [2.45, 2.75) is 32.2 Å². The lowest BCUT2D eigenvalue weighted by atomic mass is 10.0. The van der Waals surface area contributed by atoms with Gasteiger partial charge in [0.15, 0.2) is 0 Å². The summed E-state index contributed by atoms with van der Waals surface area (Å²) in [6, 6.07) is 12.3. The first kappa shape index (κ1) is 17.9. The quantitative estimate of drug-likeness (QED) is 0.663. The minimum Gasteiger partial charge on any atom is -0.396 e. The van der Waals surface area contributed by atoms with Crippen LogP contribution in [0, 0.1) is 11.3 Å². The minimum absolute atomic E-state index is 0.0559. The van der Waals surface area contributed by atoms with Crippen LogP contribution < -0.4 is 4.90 Å². The minimum atomic E-state index is -0.957. The number of imide groups is 1. The number of hydrogen-bond donors (Lipinski definition) is 1. The third kappa shape index (κ3) is 2.71. The van der Waals surface area contributed by atoms with Gasteiger partial charge in [-0.1, -0.05) is 24.3 Å². The number of hydrogen-bond acceptors (Lipinski definition) is 4. The van der Waals surface area contributed by atoms with Gasteiger partial charge in [0.05, 0.1) is 17.3 Å². The summed E-state index contributed by atoms with van der Waals surface area (Å²) in [6.45, 7) is 3.93. The van der Waals surface area contributed by atoms with Crippen LogP contribution in [0.25, 0.3) is 10.8 Å². The highest BCUT2D eigenvalue weighted by Gasteiger charge is 2.51. The first-order chi connectivity index (χ1) is 12.4. The topological polar surface area (TPSA) is 84.6 Å². The Morgan fingerprint density at radius 1 is 1.08 bits per heavy atom. The Hall–Kier alpha value is -2.91. The second-order valence-corrected chi connectivity index (χ2v) is 6.85. The molecule has 3 rings (SSSR count). The Kier molecular flexibility index (Phi) is 4.66. The molecule has 1 N–H and O–H groups in total. The van der Waals surface area contributed by atoms with Crippen molar-refractivity contribution >= 4 is 28.4 Å². The summed E-state index contributed by atoms with van der Waals surface area (Å²) >= 11 is 0. The number of nitriles is 1. The summed E-state index contributed by atoms with van der Waals surface area (Å²) < 4.78 is 0. The van der Waals surface area contributed by atoms with Gasteiger partial charge in [0.1, 0.15) is 5.54 Å². The van der Waals surface area contributed by atoms with Gasteiger partial charge in [0, 0.05) is 23.9 Å². The molecule has 0 aliphatic carbocycles. The number of anilines is 1. The molecule has 2 aromatic rings. The van der Waals surface area contributed by atoms with E-state index in [1.54, 1.807) is 30.9 Å². The van der Waals surface area contributed by atoms with Crippen LogP contribution in [-0.2, 0) is 4.79 Å². The van der Waals surface area contributed by atoms with Crippen LogP contribution in [0.5, 0.6) is 0 Å². The van der Waals surface area contributed by atoms with Gasteiger partial charge in [-0.05, 0) is 38.8 Å². The van der Waals surface area contributed by atoms with Gasteiger partial charge >= 0.3 is 6.03 Å². The number of amides is 3. The molecule has 0 atom stereocenters. The molecule has 1 fully saturated rings. The molecule has 1 aliphatic heterocycles. The van der Waals surface area contributed by atoms with Gasteiger partial charge in [-0.25, -0.2) is 9.69 Å². The Balaban J connectivity index is 2.07. The molecule has 6 heteroatoms. The number of carbonyl (C=O) groups is 2. The molecule has 1 aliphatic rings. The second kappa shape index (κ2) is 6.77. The van der Waals surface area contributed by atoms with E-state index in [0.717, 1.165) is 0 Å². The zero-order chi connectivity index (χ0) is 18.9. The molecule has 6 nitrogen and oxygen atoms in total. The zero-order valence-electron chi connectivity index (χ0n) is 14.9. The first-order valence-corrected chi connectivity index (χ1v) is 8.62. The van der Waals surface area contributed by atoms with Crippen LogP contribution in [0.15, 0.2) is 36.4 Å². The fraction of sp³-hybridized carbons (Fsp3) is 0.350. The summed E-state index contributed by atoms with van der Waals surface area (Å²) in [5, 5.41) is 19.7. The highest BCUT2D eigenvalue weighted by molar-refractivity contribution is 6.25. The number of urea groups is 1. The highest BCUT2D eigenvalue weighted by atomic mass is 16.3. The van der Waals surface area contributed by atoms with Crippen molar-refractivity contribution in [3.05, 3.63) is 42.0 Å². The molecular weight excluding hydrogens is 330 g/mol. The van der Waals surface area contributed by atoms with Gasteiger partial charge in [0.25, 0.3) is 5.91 Å². The maximum Gasteiger partial charge on any atom is 0.332 e. The molecule has 1 saturated heterocycles. The fourth-order valence-electron chi connectivity index (χ4n) is 3.38.